The van der Waals surface area contributed by atoms with Crippen LogP contribution in [0.25, 0.3) is 0 Å². The Morgan fingerprint density at radius 2 is 1.29 bits per heavy atom. The first-order valence-electron chi connectivity index (χ1n) is 1.02. The van der Waals surface area contributed by atoms with Crippen LogP contribution in [0.2, 0.25) is 0 Å². The molecule has 0 bridgehead atoms. The molecule has 0 amide bonds. The van der Waals surface area contributed by atoms with E-state index in [0.717, 1.165) is 0 Å². The van der Waals surface area contributed by atoms with E-state index in [0.29, 0.717) is 0 Å². The fraction of sp³-hybridized carbons (Fsp3) is 1.00. The third-order valence-corrected chi connectivity index (χ3v) is 0. The predicted octanol–water partition coefficient (Wildman–Crippen LogP) is -0.0761. The molecule has 0 rings (SSSR count). The summed E-state index contributed by atoms with van der Waals surface area (Å²) in [5.74, 6) is 0. The van der Waals surface area contributed by atoms with Crippen molar-refractivity contribution in [3.05, 3.63) is 0 Å². The molecule has 11 N–H and O–H groups in total. The average Bonchev–Trinajstić information content (AvgIpc) is 0.918. The van der Waals surface area contributed by atoms with Crippen molar-refractivity contribution in [2.24, 2.45) is 0 Å². The minimum absolute atomic E-state index is 0. The standard InChI is InChI=1S/C2H6O.2H3N.H2O.S/c1-2-3;;;;/h3H,2H2,1H3;2*1H3;1H2;/q;;;;-2/p+2. The summed E-state index contributed by atoms with van der Waals surface area (Å²) in [7, 11) is 0. The Morgan fingerprint density at radius 1 is 1.29 bits per heavy atom. The topological polar surface area (TPSA) is 125 Å². The van der Waals surface area contributed by atoms with Gasteiger partial charge in [-0.15, -0.1) is 0 Å². The lowest BCUT2D eigenvalue weighted by molar-refractivity contribution is 0.318. The summed E-state index contributed by atoms with van der Waals surface area (Å²) < 4.78 is 0. The first-order chi connectivity index (χ1) is 1.41. The zero-order valence-corrected chi connectivity index (χ0v) is 5.88. The van der Waals surface area contributed by atoms with E-state index in [-0.39, 0.29) is 37.9 Å². The van der Waals surface area contributed by atoms with Gasteiger partial charge in [-0.25, -0.2) is 0 Å². The molecule has 4 nitrogen and oxygen atoms in total. The summed E-state index contributed by atoms with van der Waals surface area (Å²) in [5, 5.41) is 7.57. The number of aliphatic hydroxyl groups is 1. The molecular formula is C2H16N2O2S. The van der Waals surface area contributed by atoms with Gasteiger partial charge in [0.05, 0.1) is 0 Å². The SMILES string of the molecule is CCO.O.[NH4+].[NH4+].[S-2]. The van der Waals surface area contributed by atoms with Crippen molar-refractivity contribution in [3.8, 4) is 0 Å². The molecule has 0 aliphatic heterocycles. The summed E-state index contributed by atoms with van der Waals surface area (Å²) in [6.07, 6.45) is 0. The highest BCUT2D eigenvalue weighted by Crippen LogP contribution is 1.30. The van der Waals surface area contributed by atoms with Crippen LogP contribution in [-0.2, 0) is 13.5 Å². The Balaban J connectivity index is -0.00000000333. The molecule has 0 atom stereocenters. The van der Waals surface area contributed by atoms with Crippen LogP contribution in [0.5, 0.6) is 0 Å². The lowest BCUT2D eigenvalue weighted by atomic mass is 10.9. The fourth-order valence-corrected chi connectivity index (χ4v) is 0. The molecule has 52 valence electrons. The minimum Gasteiger partial charge on any atom is -2.00 e. The monoisotopic (exact) mass is 132 g/mol. The van der Waals surface area contributed by atoms with Crippen LogP contribution in [0.1, 0.15) is 6.92 Å². The Bertz CT molecular complexity index is 13.7. The van der Waals surface area contributed by atoms with Crippen LogP contribution in [-0.4, -0.2) is 17.2 Å². The summed E-state index contributed by atoms with van der Waals surface area (Å²) >= 11 is 0. The number of rotatable bonds is 0. The Kier molecular flexibility index (Phi) is 966. The summed E-state index contributed by atoms with van der Waals surface area (Å²) in [4.78, 5) is 0. The van der Waals surface area contributed by atoms with Gasteiger partial charge in [0.2, 0.25) is 0 Å². The molecule has 7 heavy (non-hydrogen) atoms. The molecule has 0 aromatic heterocycles. The quantitative estimate of drug-likeness (QED) is 0.419. The van der Waals surface area contributed by atoms with Crippen molar-refractivity contribution < 1.29 is 10.6 Å². The van der Waals surface area contributed by atoms with Crippen LogP contribution in [0.15, 0.2) is 0 Å². The maximum Gasteiger partial charge on any atom is 0.0402 e. The van der Waals surface area contributed by atoms with Crippen LogP contribution in [0, 0.1) is 0 Å². The predicted molar refractivity (Wildman–Crippen MR) is 35.7 cm³/mol. The molecule has 0 unspecified atom stereocenters. The van der Waals surface area contributed by atoms with E-state index < -0.39 is 0 Å². The molecule has 0 saturated heterocycles. The Morgan fingerprint density at radius 3 is 1.29 bits per heavy atom. The van der Waals surface area contributed by atoms with E-state index in [1.165, 1.54) is 0 Å². The second-order valence-electron chi connectivity index (χ2n) is 0.316. The second-order valence-corrected chi connectivity index (χ2v) is 0.316. The number of hydrogen-bond donors (Lipinski definition) is 3. The van der Waals surface area contributed by atoms with Gasteiger partial charge >= 0.3 is 0 Å². The van der Waals surface area contributed by atoms with Gasteiger partial charge in [0.1, 0.15) is 0 Å². The maximum atomic E-state index is 7.57. The zero-order valence-electron chi connectivity index (χ0n) is 5.06. The molecule has 0 aromatic carbocycles. The molecule has 0 aliphatic rings. The largest absolute Gasteiger partial charge is 2.00 e. The molecule has 0 fully saturated rings. The van der Waals surface area contributed by atoms with Gasteiger partial charge in [0.25, 0.3) is 0 Å². The molecule has 0 spiro atoms. The van der Waals surface area contributed by atoms with Crippen molar-refractivity contribution in [2.45, 2.75) is 6.92 Å². The van der Waals surface area contributed by atoms with E-state index in [2.05, 4.69) is 0 Å². The summed E-state index contributed by atoms with van der Waals surface area (Å²) in [6, 6.07) is 0. The summed E-state index contributed by atoms with van der Waals surface area (Å²) in [6.45, 7) is 1.93. The Hall–Kier alpha value is 0.190. The van der Waals surface area contributed by atoms with Gasteiger partial charge < -0.3 is 36.4 Å². The highest BCUT2D eigenvalue weighted by atomic mass is 32.1. The van der Waals surface area contributed by atoms with Crippen molar-refractivity contribution in [1.82, 2.24) is 12.3 Å². The normalized spacial score (nSPS) is 2.57. The minimum atomic E-state index is 0. The molecule has 0 saturated carbocycles. The van der Waals surface area contributed by atoms with Gasteiger partial charge in [0.15, 0.2) is 0 Å². The van der Waals surface area contributed by atoms with Gasteiger partial charge in [-0.2, -0.15) is 0 Å². The third-order valence-electron chi connectivity index (χ3n) is 0. The third kappa shape index (κ3) is 3010. The Labute approximate surface area is 50.8 Å². The fourth-order valence-electron chi connectivity index (χ4n) is 0. The van der Waals surface area contributed by atoms with Crippen LogP contribution in [0.4, 0.5) is 0 Å². The smallest absolute Gasteiger partial charge is 0.0402 e. The molecular weight excluding hydrogens is 116 g/mol. The van der Waals surface area contributed by atoms with E-state index in [4.69, 9.17) is 5.11 Å². The molecule has 0 heterocycles. The van der Waals surface area contributed by atoms with Gasteiger partial charge in [0, 0.05) is 6.61 Å². The number of aliphatic hydroxyl groups excluding tert-OH is 1. The average molecular weight is 132 g/mol. The number of quaternary nitrogens is 2. The lowest BCUT2D eigenvalue weighted by Gasteiger charge is -2.00. The highest BCUT2D eigenvalue weighted by Gasteiger charge is 1.34. The lowest BCUT2D eigenvalue weighted by Crippen LogP contribution is -1.57. The number of hydrogen-bond acceptors (Lipinski definition) is 1. The van der Waals surface area contributed by atoms with E-state index in [9.17, 15) is 0 Å². The highest BCUT2D eigenvalue weighted by molar-refractivity contribution is 7.37. The summed E-state index contributed by atoms with van der Waals surface area (Å²) in [5.41, 5.74) is 0. The van der Waals surface area contributed by atoms with Gasteiger partial charge in [-0.05, 0) is 6.92 Å². The second kappa shape index (κ2) is 118. The zero-order chi connectivity index (χ0) is 2.71. The molecule has 0 aliphatic carbocycles. The van der Waals surface area contributed by atoms with Gasteiger partial charge in [-0.3, -0.25) is 0 Å². The van der Waals surface area contributed by atoms with Crippen molar-refractivity contribution in [3.63, 3.8) is 0 Å². The van der Waals surface area contributed by atoms with Crippen LogP contribution >= 0.6 is 0 Å². The van der Waals surface area contributed by atoms with Crippen molar-refractivity contribution >= 4 is 13.5 Å². The molecule has 0 aromatic rings. The molecule has 0 radical (unpaired) electrons. The van der Waals surface area contributed by atoms with Crippen LogP contribution < -0.4 is 12.3 Å². The van der Waals surface area contributed by atoms with E-state index >= 15 is 0 Å². The van der Waals surface area contributed by atoms with Crippen LogP contribution in [0.3, 0.4) is 0 Å². The van der Waals surface area contributed by atoms with E-state index in [1.54, 1.807) is 6.92 Å². The molecule has 5 heteroatoms. The first kappa shape index (κ1) is 57.4. The van der Waals surface area contributed by atoms with Crippen molar-refractivity contribution in [2.75, 3.05) is 6.61 Å². The maximum absolute atomic E-state index is 7.57. The first-order valence-corrected chi connectivity index (χ1v) is 1.02. The van der Waals surface area contributed by atoms with E-state index in [1.807, 2.05) is 0 Å². The van der Waals surface area contributed by atoms with Gasteiger partial charge in [-0.1, -0.05) is 0 Å². The van der Waals surface area contributed by atoms with Crippen molar-refractivity contribution in [1.29, 1.82) is 0 Å².